The van der Waals surface area contributed by atoms with Gasteiger partial charge in [-0.25, -0.2) is 0 Å². The number of benzene rings is 2. The van der Waals surface area contributed by atoms with Crippen molar-refractivity contribution in [2.24, 2.45) is 0 Å². The van der Waals surface area contributed by atoms with E-state index in [2.05, 4.69) is 20.9 Å². The molecule has 1 heterocycles. The SMILES string of the molecule is Cc1cc(C(=O)c2c[nH]c3ccc(Cl)cc23)ccc1Br. The van der Waals surface area contributed by atoms with Crippen molar-refractivity contribution in [3.8, 4) is 0 Å². The Balaban J connectivity index is 2.12. The maximum Gasteiger partial charge on any atom is 0.195 e. The van der Waals surface area contributed by atoms with Crippen molar-refractivity contribution < 1.29 is 4.79 Å². The zero-order valence-electron chi connectivity index (χ0n) is 10.7. The van der Waals surface area contributed by atoms with Gasteiger partial charge in [-0.15, -0.1) is 0 Å². The monoisotopic (exact) mass is 347 g/mol. The third-order valence-electron chi connectivity index (χ3n) is 3.31. The first-order valence-electron chi connectivity index (χ1n) is 6.14. The summed E-state index contributed by atoms with van der Waals surface area (Å²) in [4.78, 5) is 15.7. The lowest BCUT2D eigenvalue weighted by atomic mass is 10.0. The number of aryl methyl sites for hydroxylation is 1. The molecule has 1 N–H and O–H groups in total. The normalized spacial score (nSPS) is 10.9. The van der Waals surface area contributed by atoms with E-state index in [1.165, 1.54) is 0 Å². The Hall–Kier alpha value is -1.58. The standard InChI is InChI=1S/C16H11BrClNO/c1-9-6-10(2-4-14(9)17)16(20)13-8-19-15-5-3-11(18)7-12(13)15/h2-8,19H,1H3. The van der Waals surface area contributed by atoms with Gasteiger partial charge in [0, 0.05) is 37.7 Å². The van der Waals surface area contributed by atoms with Gasteiger partial charge in [-0.2, -0.15) is 0 Å². The summed E-state index contributed by atoms with van der Waals surface area (Å²) in [5.74, 6) is -0.00545. The molecule has 0 fully saturated rings. The van der Waals surface area contributed by atoms with Crippen LogP contribution >= 0.6 is 27.5 Å². The van der Waals surface area contributed by atoms with Crippen molar-refractivity contribution >= 4 is 44.2 Å². The summed E-state index contributed by atoms with van der Waals surface area (Å²) in [5, 5.41) is 1.47. The van der Waals surface area contributed by atoms with Gasteiger partial charge in [0.05, 0.1) is 0 Å². The molecule has 0 spiro atoms. The molecule has 0 saturated heterocycles. The van der Waals surface area contributed by atoms with E-state index in [0.717, 1.165) is 20.9 Å². The highest BCUT2D eigenvalue weighted by molar-refractivity contribution is 9.10. The van der Waals surface area contributed by atoms with Gasteiger partial charge in [0.25, 0.3) is 0 Å². The van der Waals surface area contributed by atoms with Gasteiger partial charge in [0.2, 0.25) is 0 Å². The van der Waals surface area contributed by atoms with Crippen LogP contribution in [0, 0.1) is 6.92 Å². The summed E-state index contributed by atoms with van der Waals surface area (Å²) in [6, 6.07) is 11.1. The highest BCUT2D eigenvalue weighted by Crippen LogP contribution is 2.25. The van der Waals surface area contributed by atoms with Crippen LogP contribution in [0.15, 0.2) is 47.1 Å². The van der Waals surface area contributed by atoms with Crippen LogP contribution in [-0.2, 0) is 0 Å². The van der Waals surface area contributed by atoms with Crippen LogP contribution in [-0.4, -0.2) is 10.8 Å². The molecule has 0 atom stereocenters. The molecule has 1 aromatic heterocycles. The zero-order valence-corrected chi connectivity index (χ0v) is 13.0. The smallest absolute Gasteiger partial charge is 0.195 e. The Bertz CT molecular complexity index is 822. The first-order valence-corrected chi connectivity index (χ1v) is 7.31. The van der Waals surface area contributed by atoms with Crippen LogP contribution in [0.4, 0.5) is 0 Å². The van der Waals surface area contributed by atoms with Gasteiger partial charge in [-0.05, 0) is 48.9 Å². The van der Waals surface area contributed by atoms with Gasteiger partial charge in [0.15, 0.2) is 5.78 Å². The van der Waals surface area contributed by atoms with Crippen molar-refractivity contribution in [3.05, 3.63) is 68.8 Å². The van der Waals surface area contributed by atoms with E-state index in [9.17, 15) is 4.79 Å². The lowest BCUT2D eigenvalue weighted by Gasteiger charge is -2.03. The number of aromatic amines is 1. The number of nitrogens with one attached hydrogen (secondary N) is 1. The molecule has 2 aromatic carbocycles. The minimum absolute atomic E-state index is 0.00545. The van der Waals surface area contributed by atoms with Gasteiger partial charge in [-0.1, -0.05) is 27.5 Å². The fraction of sp³-hybridized carbons (Fsp3) is 0.0625. The molecule has 0 aliphatic carbocycles. The topological polar surface area (TPSA) is 32.9 Å². The number of rotatable bonds is 2. The summed E-state index contributed by atoms with van der Waals surface area (Å²) >= 11 is 9.45. The second kappa shape index (κ2) is 5.08. The number of ketones is 1. The van der Waals surface area contributed by atoms with E-state index >= 15 is 0 Å². The molecule has 0 aliphatic heterocycles. The van der Waals surface area contributed by atoms with E-state index < -0.39 is 0 Å². The molecule has 0 bridgehead atoms. The third kappa shape index (κ3) is 2.28. The molecule has 0 saturated carbocycles. The second-order valence-electron chi connectivity index (χ2n) is 4.69. The van der Waals surface area contributed by atoms with Crippen LogP contribution in [0.3, 0.4) is 0 Å². The molecule has 0 aliphatic rings. The van der Waals surface area contributed by atoms with Crippen molar-refractivity contribution in [1.82, 2.24) is 4.98 Å². The number of carbonyl (C=O) groups is 1. The predicted molar refractivity (Wildman–Crippen MR) is 85.6 cm³/mol. The molecule has 0 unspecified atom stereocenters. The molecular weight excluding hydrogens is 338 g/mol. The molecule has 2 nitrogen and oxygen atoms in total. The van der Waals surface area contributed by atoms with Gasteiger partial charge < -0.3 is 4.98 Å². The minimum atomic E-state index is -0.00545. The fourth-order valence-electron chi connectivity index (χ4n) is 2.22. The quantitative estimate of drug-likeness (QED) is 0.640. The van der Waals surface area contributed by atoms with Gasteiger partial charge >= 0.3 is 0 Å². The van der Waals surface area contributed by atoms with Crippen molar-refractivity contribution in [2.45, 2.75) is 6.92 Å². The van der Waals surface area contributed by atoms with Crippen LogP contribution < -0.4 is 0 Å². The number of hydrogen-bond donors (Lipinski definition) is 1. The average molecular weight is 349 g/mol. The molecule has 0 radical (unpaired) electrons. The predicted octanol–water partition coefficient (Wildman–Crippen LogP) is 5.12. The first kappa shape index (κ1) is 13.4. The third-order valence-corrected chi connectivity index (χ3v) is 4.43. The van der Waals surface area contributed by atoms with Crippen molar-refractivity contribution in [3.63, 3.8) is 0 Å². The molecular formula is C16H11BrClNO. The zero-order chi connectivity index (χ0) is 14.3. The van der Waals surface area contributed by atoms with Crippen LogP contribution in [0.5, 0.6) is 0 Å². The Morgan fingerprint density at radius 2 is 2.00 bits per heavy atom. The fourth-order valence-corrected chi connectivity index (χ4v) is 2.64. The molecule has 3 aromatic rings. The van der Waals surface area contributed by atoms with E-state index in [1.807, 2.05) is 37.3 Å². The average Bonchev–Trinajstić information content (AvgIpc) is 2.84. The van der Waals surface area contributed by atoms with Crippen LogP contribution in [0.1, 0.15) is 21.5 Å². The number of halogens is 2. The maximum absolute atomic E-state index is 12.6. The maximum atomic E-state index is 12.6. The highest BCUT2D eigenvalue weighted by Gasteiger charge is 2.15. The van der Waals surface area contributed by atoms with E-state index in [4.69, 9.17) is 11.6 Å². The van der Waals surface area contributed by atoms with Gasteiger partial charge in [0.1, 0.15) is 0 Å². The molecule has 20 heavy (non-hydrogen) atoms. The van der Waals surface area contributed by atoms with Crippen LogP contribution in [0.2, 0.25) is 5.02 Å². The Morgan fingerprint density at radius 1 is 1.20 bits per heavy atom. The van der Waals surface area contributed by atoms with Crippen LogP contribution in [0.25, 0.3) is 10.9 Å². The summed E-state index contributed by atoms with van der Waals surface area (Å²) in [6.45, 7) is 1.97. The number of hydrogen-bond acceptors (Lipinski definition) is 1. The number of carbonyl (C=O) groups excluding carboxylic acids is 1. The van der Waals surface area contributed by atoms with Crippen molar-refractivity contribution in [2.75, 3.05) is 0 Å². The first-order chi connectivity index (χ1) is 9.56. The second-order valence-corrected chi connectivity index (χ2v) is 5.98. The summed E-state index contributed by atoms with van der Waals surface area (Å²) in [5.41, 5.74) is 3.26. The van der Waals surface area contributed by atoms with E-state index in [-0.39, 0.29) is 5.78 Å². The number of fused-ring (bicyclic) bond motifs is 1. The number of aromatic nitrogens is 1. The Kier molecular flexibility index (Phi) is 3.40. The summed E-state index contributed by atoms with van der Waals surface area (Å²) in [7, 11) is 0. The lowest BCUT2D eigenvalue weighted by molar-refractivity contribution is 0.104. The van der Waals surface area contributed by atoms with E-state index in [0.29, 0.717) is 16.1 Å². The number of H-pyrrole nitrogens is 1. The molecule has 0 amide bonds. The lowest BCUT2D eigenvalue weighted by Crippen LogP contribution is -2.00. The Labute approximate surface area is 129 Å². The van der Waals surface area contributed by atoms with Gasteiger partial charge in [-0.3, -0.25) is 4.79 Å². The minimum Gasteiger partial charge on any atom is -0.360 e. The summed E-state index contributed by atoms with van der Waals surface area (Å²) in [6.07, 6.45) is 1.74. The summed E-state index contributed by atoms with van der Waals surface area (Å²) < 4.78 is 0.996. The highest BCUT2D eigenvalue weighted by atomic mass is 79.9. The molecule has 100 valence electrons. The molecule has 4 heteroatoms. The Morgan fingerprint density at radius 3 is 2.75 bits per heavy atom. The largest absolute Gasteiger partial charge is 0.360 e. The van der Waals surface area contributed by atoms with E-state index in [1.54, 1.807) is 12.3 Å². The molecule has 3 rings (SSSR count). The van der Waals surface area contributed by atoms with Crippen molar-refractivity contribution in [1.29, 1.82) is 0 Å².